The summed E-state index contributed by atoms with van der Waals surface area (Å²) in [6, 6.07) is 0.711. The van der Waals surface area contributed by atoms with Crippen LogP contribution in [0, 0.1) is 5.41 Å². The maximum atomic E-state index is 4.15. The van der Waals surface area contributed by atoms with Gasteiger partial charge in [-0.15, -0.1) is 0 Å². The lowest BCUT2D eigenvalue weighted by molar-refractivity contribution is 0.108. The van der Waals surface area contributed by atoms with Crippen molar-refractivity contribution in [3.63, 3.8) is 0 Å². The van der Waals surface area contributed by atoms with Crippen LogP contribution >= 0.6 is 0 Å². The molecule has 3 nitrogen and oxygen atoms in total. The van der Waals surface area contributed by atoms with Crippen molar-refractivity contribution in [2.75, 3.05) is 13.1 Å². The molecule has 0 atom stereocenters. The average molecular weight is 219 g/mol. The molecule has 3 heteroatoms. The van der Waals surface area contributed by atoms with Crippen molar-refractivity contribution >= 4 is 0 Å². The Balaban J connectivity index is 1.63. The molecule has 3 rings (SSSR count). The van der Waals surface area contributed by atoms with Gasteiger partial charge in [0.15, 0.2) is 0 Å². The van der Waals surface area contributed by atoms with Crippen molar-refractivity contribution in [3.05, 3.63) is 18.7 Å². The van der Waals surface area contributed by atoms with Gasteiger partial charge < -0.3 is 9.88 Å². The van der Waals surface area contributed by atoms with Crippen LogP contribution in [0.5, 0.6) is 0 Å². The second-order valence-corrected chi connectivity index (χ2v) is 5.49. The molecule has 1 aromatic heterocycles. The van der Waals surface area contributed by atoms with E-state index in [2.05, 4.69) is 21.1 Å². The van der Waals surface area contributed by atoms with E-state index < -0.39 is 0 Å². The van der Waals surface area contributed by atoms with E-state index in [1.165, 1.54) is 51.6 Å². The zero-order valence-electron chi connectivity index (χ0n) is 9.86. The van der Waals surface area contributed by atoms with Gasteiger partial charge in [0, 0.05) is 18.4 Å². The lowest BCUT2D eigenvalue weighted by Gasteiger charge is -2.43. The first-order valence-electron chi connectivity index (χ1n) is 6.56. The number of hydrogen-bond donors (Lipinski definition) is 1. The topological polar surface area (TPSA) is 29.9 Å². The van der Waals surface area contributed by atoms with Gasteiger partial charge in [0.05, 0.1) is 6.33 Å². The van der Waals surface area contributed by atoms with Crippen LogP contribution < -0.4 is 5.32 Å². The zero-order chi connectivity index (χ0) is 10.8. The molecule has 0 aromatic carbocycles. The highest BCUT2D eigenvalue weighted by molar-refractivity contribution is 4.92. The quantitative estimate of drug-likeness (QED) is 0.786. The Morgan fingerprint density at radius 2 is 1.88 bits per heavy atom. The number of nitrogens with one attached hydrogen (secondary N) is 1. The predicted octanol–water partition coefficient (Wildman–Crippen LogP) is 2.37. The minimum atomic E-state index is 0.683. The molecule has 2 heterocycles. The third-order valence-electron chi connectivity index (χ3n) is 4.63. The molecule has 1 N–H and O–H groups in total. The van der Waals surface area contributed by atoms with Crippen LogP contribution in [0.3, 0.4) is 0 Å². The Kier molecular flexibility index (Phi) is 2.72. The van der Waals surface area contributed by atoms with Crippen LogP contribution in [0.2, 0.25) is 0 Å². The number of imidazole rings is 1. The Bertz CT molecular complexity index is 315. The molecule has 0 radical (unpaired) electrons. The first-order valence-corrected chi connectivity index (χ1v) is 6.56. The van der Waals surface area contributed by atoms with Crippen LogP contribution in [-0.4, -0.2) is 22.6 Å². The van der Waals surface area contributed by atoms with E-state index in [4.69, 9.17) is 0 Å². The van der Waals surface area contributed by atoms with E-state index in [1.807, 2.05) is 12.5 Å². The Labute approximate surface area is 97.3 Å². The van der Waals surface area contributed by atoms with E-state index in [0.717, 1.165) is 0 Å². The molecule has 88 valence electrons. The van der Waals surface area contributed by atoms with Crippen molar-refractivity contribution in [1.29, 1.82) is 0 Å². The lowest BCUT2D eigenvalue weighted by Crippen LogP contribution is -2.39. The SMILES string of the molecule is c1cn(C2CCC3(CCNCC3)CC2)cn1. The Morgan fingerprint density at radius 1 is 1.12 bits per heavy atom. The molecule has 16 heavy (non-hydrogen) atoms. The summed E-state index contributed by atoms with van der Waals surface area (Å²) in [5, 5.41) is 3.48. The summed E-state index contributed by atoms with van der Waals surface area (Å²) in [5.74, 6) is 0. The fourth-order valence-electron chi connectivity index (χ4n) is 3.46. The Morgan fingerprint density at radius 3 is 2.50 bits per heavy atom. The van der Waals surface area contributed by atoms with Gasteiger partial charge in [0.25, 0.3) is 0 Å². The van der Waals surface area contributed by atoms with Gasteiger partial charge in [-0.25, -0.2) is 4.98 Å². The monoisotopic (exact) mass is 219 g/mol. The molecule has 2 fully saturated rings. The summed E-state index contributed by atoms with van der Waals surface area (Å²) in [7, 11) is 0. The molecular formula is C13H21N3. The second-order valence-electron chi connectivity index (χ2n) is 5.49. The first kappa shape index (κ1) is 10.3. The fraction of sp³-hybridized carbons (Fsp3) is 0.769. The largest absolute Gasteiger partial charge is 0.334 e. The van der Waals surface area contributed by atoms with Gasteiger partial charge >= 0.3 is 0 Å². The molecule has 2 aliphatic rings. The van der Waals surface area contributed by atoms with Gasteiger partial charge in [-0.1, -0.05) is 0 Å². The maximum absolute atomic E-state index is 4.15. The normalized spacial score (nSPS) is 26.0. The van der Waals surface area contributed by atoms with Crippen molar-refractivity contribution in [2.45, 2.75) is 44.6 Å². The van der Waals surface area contributed by atoms with Gasteiger partial charge in [0.2, 0.25) is 0 Å². The maximum Gasteiger partial charge on any atom is 0.0948 e. The Hall–Kier alpha value is -0.830. The van der Waals surface area contributed by atoms with Crippen molar-refractivity contribution < 1.29 is 0 Å². The smallest absolute Gasteiger partial charge is 0.0948 e. The van der Waals surface area contributed by atoms with E-state index in [1.54, 1.807) is 0 Å². The first-order chi connectivity index (χ1) is 7.88. The number of nitrogens with zero attached hydrogens (tertiary/aromatic N) is 2. The van der Waals surface area contributed by atoms with Crippen LogP contribution in [0.1, 0.15) is 44.6 Å². The standard InChI is InChI=1S/C13H21N3/c1-3-13(5-7-14-8-6-13)4-2-12(1)16-10-9-15-11-16/h9-12,14H,1-8H2. The third-order valence-corrected chi connectivity index (χ3v) is 4.63. The summed E-state index contributed by atoms with van der Waals surface area (Å²) < 4.78 is 2.30. The van der Waals surface area contributed by atoms with E-state index in [-0.39, 0.29) is 0 Å². The summed E-state index contributed by atoms with van der Waals surface area (Å²) in [6.07, 6.45) is 14.3. The molecule has 1 aromatic rings. The van der Waals surface area contributed by atoms with Crippen LogP contribution in [-0.2, 0) is 0 Å². The van der Waals surface area contributed by atoms with Crippen molar-refractivity contribution in [3.8, 4) is 0 Å². The predicted molar refractivity (Wildman–Crippen MR) is 64.3 cm³/mol. The second kappa shape index (κ2) is 4.21. The molecule has 1 aliphatic heterocycles. The molecule has 0 unspecified atom stereocenters. The molecule has 1 spiro atoms. The molecule has 1 saturated heterocycles. The number of hydrogen-bond acceptors (Lipinski definition) is 2. The number of piperidine rings is 1. The van der Waals surface area contributed by atoms with Crippen LogP contribution in [0.4, 0.5) is 0 Å². The fourth-order valence-corrected chi connectivity index (χ4v) is 3.46. The van der Waals surface area contributed by atoms with Crippen LogP contribution in [0.15, 0.2) is 18.7 Å². The number of aromatic nitrogens is 2. The van der Waals surface area contributed by atoms with Crippen LogP contribution in [0.25, 0.3) is 0 Å². The van der Waals surface area contributed by atoms with Crippen molar-refractivity contribution in [2.24, 2.45) is 5.41 Å². The van der Waals surface area contributed by atoms with E-state index in [9.17, 15) is 0 Å². The highest BCUT2D eigenvalue weighted by Gasteiger charge is 2.36. The molecular weight excluding hydrogens is 198 g/mol. The third kappa shape index (κ3) is 1.88. The number of rotatable bonds is 1. The highest BCUT2D eigenvalue weighted by Crippen LogP contribution is 2.46. The summed E-state index contributed by atoms with van der Waals surface area (Å²) in [4.78, 5) is 4.15. The lowest BCUT2D eigenvalue weighted by atomic mass is 9.67. The molecule has 1 saturated carbocycles. The van der Waals surface area contributed by atoms with E-state index >= 15 is 0 Å². The highest BCUT2D eigenvalue weighted by atomic mass is 15.1. The minimum Gasteiger partial charge on any atom is -0.334 e. The van der Waals surface area contributed by atoms with E-state index in [0.29, 0.717) is 11.5 Å². The summed E-state index contributed by atoms with van der Waals surface area (Å²) in [5.41, 5.74) is 0.683. The van der Waals surface area contributed by atoms with Gasteiger partial charge in [-0.3, -0.25) is 0 Å². The molecule has 0 bridgehead atoms. The molecule has 0 amide bonds. The van der Waals surface area contributed by atoms with Crippen molar-refractivity contribution in [1.82, 2.24) is 14.9 Å². The minimum absolute atomic E-state index is 0.683. The van der Waals surface area contributed by atoms with Gasteiger partial charge in [-0.05, 0) is 57.0 Å². The van der Waals surface area contributed by atoms with Gasteiger partial charge in [-0.2, -0.15) is 0 Å². The van der Waals surface area contributed by atoms with Gasteiger partial charge in [0.1, 0.15) is 0 Å². The summed E-state index contributed by atoms with van der Waals surface area (Å²) in [6.45, 7) is 2.46. The molecule has 1 aliphatic carbocycles. The summed E-state index contributed by atoms with van der Waals surface area (Å²) >= 11 is 0. The zero-order valence-corrected chi connectivity index (χ0v) is 9.86. The average Bonchev–Trinajstić information content (AvgIpc) is 2.85.